The zero-order chi connectivity index (χ0) is 12.3. The third-order valence-electron chi connectivity index (χ3n) is 2.28. The van der Waals surface area contributed by atoms with Gasteiger partial charge in [-0.3, -0.25) is 0 Å². The van der Waals surface area contributed by atoms with Gasteiger partial charge >= 0.3 is 0 Å². The zero-order valence-electron chi connectivity index (χ0n) is 10.6. The van der Waals surface area contributed by atoms with Gasteiger partial charge in [-0.05, 0) is 30.7 Å². The molecular weight excluding hydrogens is 218 g/mol. The van der Waals surface area contributed by atoms with Crippen molar-refractivity contribution < 1.29 is 14.2 Å². The van der Waals surface area contributed by atoms with E-state index in [0.29, 0.717) is 13.2 Å². The number of methoxy groups -OCH3 is 1. The molecule has 0 aliphatic carbocycles. The van der Waals surface area contributed by atoms with Crippen molar-refractivity contribution in [1.82, 2.24) is 0 Å². The molecule has 0 aliphatic heterocycles. The van der Waals surface area contributed by atoms with Gasteiger partial charge in [0.1, 0.15) is 12.4 Å². The van der Waals surface area contributed by atoms with Crippen LogP contribution in [0.2, 0.25) is 0 Å². The molecule has 1 rings (SSSR count). The Morgan fingerprint density at radius 1 is 1.00 bits per heavy atom. The summed E-state index contributed by atoms with van der Waals surface area (Å²) in [6.45, 7) is 2.64. The highest BCUT2D eigenvalue weighted by atomic mass is 16.5. The Morgan fingerprint density at radius 2 is 1.76 bits per heavy atom. The molecule has 4 nitrogen and oxygen atoms in total. The van der Waals surface area contributed by atoms with E-state index < -0.39 is 0 Å². The van der Waals surface area contributed by atoms with Gasteiger partial charge in [-0.2, -0.15) is 0 Å². The van der Waals surface area contributed by atoms with Gasteiger partial charge in [0.15, 0.2) is 0 Å². The van der Waals surface area contributed by atoms with Gasteiger partial charge in [0.25, 0.3) is 0 Å². The summed E-state index contributed by atoms with van der Waals surface area (Å²) in [6, 6.07) is 7.84. The van der Waals surface area contributed by atoms with E-state index in [2.05, 4.69) is 5.32 Å². The van der Waals surface area contributed by atoms with E-state index in [0.717, 1.165) is 31.1 Å². The first-order valence-corrected chi connectivity index (χ1v) is 5.84. The molecule has 0 heterocycles. The van der Waals surface area contributed by atoms with Gasteiger partial charge in [0.05, 0.1) is 6.61 Å². The monoisotopic (exact) mass is 239 g/mol. The summed E-state index contributed by atoms with van der Waals surface area (Å²) in [5.74, 6) is 0.865. The highest BCUT2D eigenvalue weighted by molar-refractivity contribution is 5.45. The van der Waals surface area contributed by atoms with Crippen LogP contribution in [0.25, 0.3) is 0 Å². The van der Waals surface area contributed by atoms with Crippen molar-refractivity contribution >= 4 is 5.69 Å². The topological polar surface area (TPSA) is 39.7 Å². The Labute approximate surface area is 103 Å². The second-order valence-corrected chi connectivity index (χ2v) is 3.58. The number of nitrogens with one attached hydrogen (secondary N) is 1. The average molecular weight is 239 g/mol. The highest BCUT2D eigenvalue weighted by Crippen LogP contribution is 2.14. The maximum atomic E-state index is 5.53. The summed E-state index contributed by atoms with van der Waals surface area (Å²) in [5.41, 5.74) is 1.08. The summed E-state index contributed by atoms with van der Waals surface area (Å²) in [6.07, 6.45) is 0.924. The van der Waals surface area contributed by atoms with E-state index in [1.165, 1.54) is 0 Å². The van der Waals surface area contributed by atoms with Gasteiger partial charge in [0.2, 0.25) is 0 Å². The van der Waals surface area contributed by atoms with Crippen molar-refractivity contribution in [3.05, 3.63) is 24.3 Å². The van der Waals surface area contributed by atoms with E-state index in [1.807, 2.05) is 31.3 Å². The van der Waals surface area contributed by atoms with Crippen molar-refractivity contribution in [2.45, 2.75) is 6.42 Å². The number of ether oxygens (including phenoxy) is 3. The van der Waals surface area contributed by atoms with Gasteiger partial charge in [-0.25, -0.2) is 0 Å². The predicted molar refractivity (Wildman–Crippen MR) is 68.8 cm³/mol. The van der Waals surface area contributed by atoms with Crippen LogP contribution in [0.4, 0.5) is 5.69 Å². The van der Waals surface area contributed by atoms with E-state index >= 15 is 0 Å². The second-order valence-electron chi connectivity index (χ2n) is 3.58. The number of anilines is 1. The molecule has 0 spiro atoms. The molecule has 0 radical (unpaired) electrons. The van der Waals surface area contributed by atoms with Crippen LogP contribution in [-0.4, -0.2) is 40.6 Å². The summed E-state index contributed by atoms with van der Waals surface area (Å²) >= 11 is 0. The summed E-state index contributed by atoms with van der Waals surface area (Å²) in [5, 5.41) is 3.06. The molecular formula is C13H21NO3. The average Bonchev–Trinajstić information content (AvgIpc) is 2.38. The number of rotatable bonds is 9. The predicted octanol–water partition coefficient (Wildman–Crippen LogP) is 2.16. The molecule has 0 bridgehead atoms. The molecule has 0 atom stereocenters. The Hall–Kier alpha value is -1.26. The van der Waals surface area contributed by atoms with Crippen LogP contribution in [0.5, 0.6) is 5.75 Å². The molecule has 0 aliphatic rings. The zero-order valence-corrected chi connectivity index (χ0v) is 10.6. The summed E-state index contributed by atoms with van der Waals surface area (Å²) in [4.78, 5) is 0. The first-order chi connectivity index (χ1) is 8.36. The van der Waals surface area contributed by atoms with E-state index in [1.54, 1.807) is 7.11 Å². The Balaban J connectivity index is 2.05. The molecule has 96 valence electrons. The molecule has 0 aromatic heterocycles. The first-order valence-electron chi connectivity index (χ1n) is 5.84. The van der Waals surface area contributed by atoms with E-state index in [4.69, 9.17) is 14.2 Å². The lowest BCUT2D eigenvalue weighted by Gasteiger charge is -2.07. The lowest BCUT2D eigenvalue weighted by atomic mass is 10.3. The normalized spacial score (nSPS) is 10.2. The first kappa shape index (κ1) is 13.8. The summed E-state index contributed by atoms with van der Waals surface area (Å²) in [7, 11) is 3.58. The lowest BCUT2D eigenvalue weighted by Crippen LogP contribution is -2.08. The minimum Gasteiger partial charge on any atom is -0.491 e. The van der Waals surface area contributed by atoms with Crippen LogP contribution in [0.15, 0.2) is 24.3 Å². The maximum Gasteiger partial charge on any atom is 0.119 e. The van der Waals surface area contributed by atoms with Gasteiger partial charge < -0.3 is 19.5 Å². The Morgan fingerprint density at radius 3 is 2.41 bits per heavy atom. The van der Waals surface area contributed by atoms with Gasteiger partial charge in [-0.1, -0.05) is 0 Å². The second kappa shape index (κ2) is 8.84. The molecule has 1 N–H and O–H groups in total. The third-order valence-corrected chi connectivity index (χ3v) is 2.28. The molecule has 0 amide bonds. The van der Waals surface area contributed by atoms with Crippen molar-refractivity contribution in [2.75, 3.05) is 45.9 Å². The fraction of sp³-hybridized carbons (Fsp3) is 0.538. The van der Waals surface area contributed by atoms with Crippen molar-refractivity contribution in [2.24, 2.45) is 0 Å². The Kier molecular flexibility index (Phi) is 7.18. The number of hydrogen-bond acceptors (Lipinski definition) is 4. The molecule has 0 fully saturated rings. The van der Waals surface area contributed by atoms with Crippen LogP contribution >= 0.6 is 0 Å². The van der Waals surface area contributed by atoms with E-state index in [-0.39, 0.29) is 0 Å². The molecule has 1 aromatic rings. The molecule has 0 saturated heterocycles. The number of benzene rings is 1. The van der Waals surface area contributed by atoms with Gasteiger partial charge in [-0.15, -0.1) is 0 Å². The minimum atomic E-state index is 0.575. The molecule has 0 unspecified atom stereocenters. The Bertz CT molecular complexity index is 287. The van der Waals surface area contributed by atoms with Crippen LogP contribution in [0.3, 0.4) is 0 Å². The van der Waals surface area contributed by atoms with Crippen molar-refractivity contribution in [3.8, 4) is 5.75 Å². The molecule has 0 saturated carbocycles. The lowest BCUT2D eigenvalue weighted by molar-refractivity contribution is 0.0806. The highest BCUT2D eigenvalue weighted by Gasteiger charge is 1.94. The summed E-state index contributed by atoms with van der Waals surface area (Å²) < 4.78 is 15.8. The molecule has 1 aromatic carbocycles. The maximum absolute atomic E-state index is 5.53. The fourth-order valence-electron chi connectivity index (χ4n) is 1.34. The fourth-order valence-corrected chi connectivity index (χ4v) is 1.34. The van der Waals surface area contributed by atoms with Crippen LogP contribution < -0.4 is 10.1 Å². The van der Waals surface area contributed by atoms with Crippen LogP contribution in [0, 0.1) is 0 Å². The third kappa shape index (κ3) is 6.14. The number of hydrogen-bond donors (Lipinski definition) is 1. The molecule has 17 heavy (non-hydrogen) atoms. The SMILES string of the molecule is CNc1ccc(OCCOCCCOC)cc1. The van der Waals surface area contributed by atoms with Crippen LogP contribution in [-0.2, 0) is 9.47 Å². The standard InChI is InChI=1S/C13H21NO3/c1-14-12-4-6-13(7-5-12)17-11-10-16-9-3-8-15-2/h4-7,14H,3,8-11H2,1-2H3. The van der Waals surface area contributed by atoms with Gasteiger partial charge in [0, 0.05) is 33.1 Å². The largest absolute Gasteiger partial charge is 0.491 e. The van der Waals surface area contributed by atoms with Crippen LogP contribution in [0.1, 0.15) is 6.42 Å². The van der Waals surface area contributed by atoms with Crippen molar-refractivity contribution in [3.63, 3.8) is 0 Å². The quantitative estimate of drug-likeness (QED) is 0.670. The minimum absolute atomic E-state index is 0.575. The van der Waals surface area contributed by atoms with Crippen molar-refractivity contribution in [1.29, 1.82) is 0 Å². The smallest absolute Gasteiger partial charge is 0.119 e. The molecule has 4 heteroatoms. The van der Waals surface area contributed by atoms with E-state index in [9.17, 15) is 0 Å².